The molecule has 0 radical (unpaired) electrons. The molecule has 0 spiro atoms. The average Bonchev–Trinajstić information content (AvgIpc) is 2.38. The van der Waals surface area contributed by atoms with Crippen LogP contribution in [0.25, 0.3) is 0 Å². The van der Waals surface area contributed by atoms with Crippen molar-refractivity contribution in [3.63, 3.8) is 0 Å². The van der Waals surface area contributed by atoms with Crippen molar-refractivity contribution in [2.45, 2.75) is 6.54 Å². The highest BCUT2D eigenvalue weighted by molar-refractivity contribution is 6.31. The van der Waals surface area contributed by atoms with Gasteiger partial charge in [-0.1, -0.05) is 29.8 Å². The number of hydrogen-bond acceptors (Lipinski definition) is 3. The molecule has 0 saturated heterocycles. The van der Waals surface area contributed by atoms with Crippen LogP contribution in [0.5, 0.6) is 0 Å². The Hall–Kier alpha value is -2.07. The van der Waals surface area contributed by atoms with Gasteiger partial charge < -0.3 is 10.4 Å². The maximum absolute atomic E-state index is 11.0. The van der Waals surface area contributed by atoms with Gasteiger partial charge in [0.15, 0.2) is 0 Å². The molecule has 0 aliphatic rings. The number of hydrogen-bond donors (Lipinski definition) is 2. The predicted molar refractivity (Wildman–Crippen MR) is 70.0 cm³/mol. The first-order valence-electron chi connectivity index (χ1n) is 5.33. The van der Waals surface area contributed by atoms with Crippen molar-refractivity contribution in [3.8, 4) is 0 Å². The normalized spacial score (nSPS) is 10.1. The summed E-state index contributed by atoms with van der Waals surface area (Å²) in [6.07, 6.45) is 2.86. The smallest absolute Gasteiger partial charge is 0.339 e. The fourth-order valence-electron chi connectivity index (χ4n) is 1.55. The number of aromatic nitrogens is 1. The number of pyridine rings is 1. The summed E-state index contributed by atoms with van der Waals surface area (Å²) in [4.78, 5) is 14.8. The number of carboxylic acid groups (broad SMARTS) is 1. The zero-order chi connectivity index (χ0) is 13.0. The van der Waals surface area contributed by atoms with E-state index in [2.05, 4.69) is 10.3 Å². The summed E-state index contributed by atoms with van der Waals surface area (Å²) in [5.74, 6) is -1.01. The van der Waals surface area contributed by atoms with Gasteiger partial charge in [0.25, 0.3) is 0 Å². The summed E-state index contributed by atoms with van der Waals surface area (Å²) in [6.45, 7) is 0.462. The second kappa shape index (κ2) is 5.51. The molecule has 2 rings (SSSR count). The maximum atomic E-state index is 11.0. The van der Waals surface area contributed by atoms with E-state index in [9.17, 15) is 4.79 Å². The molecule has 0 amide bonds. The number of carboxylic acids is 1. The van der Waals surface area contributed by atoms with Crippen molar-refractivity contribution >= 4 is 23.3 Å². The molecule has 5 heteroatoms. The van der Waals surface area contributed by atoms with E-state index in [0.29, 0.717) is 17.3 Å². The molecule has 0 bridgehead atoms. The first-order chi connectivity index (χ1) is 8.68. The molecule has 0 aliphatic carbocycles. The summed E-state index contributed by atoms with van der Waals surface area (Å²) in [5, 5.41) is 12.7. The molecule has 2 aromatic rings. The molecule has 1 aromatic carbocycles. The Labute approximate surface area is 109 Å². The maximum Gasteiger partial charge on any atom is 0.339 e. The van der Waals surface area contributed by atoms with Crippen molar-refractivity contribution in [1.82, 2.24) is 4.98 Å². The summed E-state index contributed by atoms with van der Waals surface area (Å²) < 4.78 is 0. The van der Waals surface area contributed by atoms with Crippen LogP contribution in [0.2, 0.25) is 5.02 Å². The molecule has 0 saturated carbocycles. The molecule has 18 heavy (non-hydrogen) atoms. The van der Waals surface area contributed by atoms with Crippen molar-refractivity contribution in [2.75, 3.05) is 5.32 Å². The van der Waals surface area contributed by atoms with Gasteiger partial charge in [0.1, 0.15) is 5.56 Å². The number of carbonyl (C=O) groups is 1. The van der Waals surface area contributed by atoms with E-state index in [0.717, 1.165) is 5.56 Å². The lowest BCUT2D eigenvalue weighted by atomic mass is 10.2. The van der Waals surface area contributed by atoms with Crippen molar-refractivity contribution < 1.29 is 9.90 Å². The molecular formula is C13H11ClN2O2. The lowest BCUT2D eigenvalue weighted by Crippen LogP contribution is -2.07. The van der Waals surface area contributed by atoms with Gasteiger partial charge in [-0.3, -0.25) is 4.98 Å². The summed E-state index contributed by atoms with van der Waals surface area (Å²) in [7, 11) is 0. The Balaban J connectivity index is 2.16. The van der Waals surface area contributed by atoms with Crippen molar-refractivity contribution in [1.29, 1.82) is 0 Å². The Morgan fingerprint density at radius 2 is 2.11 bits per heavy atom. The minimum atomic E-state index is -1.01. The highest BCUT2D eigenvalue weighted by atomic mass is 35.5. The van der Waals surface area contributed by atoms with Crippen molar-refractivity contribution in [2.24, 2.45) is 0 Å². The van der Waals surface area contributed by atoms with Crippen LogP contribution in [0.15, 0.2) is 42.7 Å². The molecular weight excluding hydrogens is 252 g/mol. The molecule has 0 atom stereocenters. The summed E-state index contributed by atoms with van der Waals surface area (Å²) >= 11 is 6.02. The van der Waals surface area contributed by atoms with Crippen LogP contribution in [0.4, 0.5) is 5.69 Å². The minimum Gasteiger partial charge on any atom is -0.478 e. The summed E-state index contributed by atoms with van der Waals surface area (Å²) in [5.41, 5.74) is 1.58. The standard InChI is InChI=1S/C13H11ClN2O2/c14-11-4-2-1-3-9(11)7-16-12-5-6-15-8-10(12)13(17)18/h1-6,8H,7H2,(H,15,16)(H,17,18). The number of aromatic carboxylic acids is 1. The second-order valence-electron chi connectivity index (χ2n) is 3.67. The van der Waals surface area contributed by atoms with E-state index >= 15 is 0 Å². The van der Waals surface area contributed by atoms with Crippen LogP contribution in [0.3, 0.4) is 0 Å². The Morgan fingerprint density at radius 1 is 1.33 bits per heavy atom. The Bertz CT molecular complexity index is 572. The van der Waals surface area contributed by atoms with Gasteiger partial charge >= 0.3 is 5.97 Å². The van der Waals surface area contributed by atoms with Crippen LogP contribution in [0.1, 0.15) is 15.9 Å². The monoisotopic (exact) mass is 262 g/mol. The lowest BCUT2D eigenvalue weighted by Gasteiger charge is -2.09. The lowest BCUT2D eigenvalue weighted by molar-refractivity contribution is 0.0697. The molecule has 0 unspecified atom stereocenters. The van der Waals surface area contributed by atoms with E-state index in [-0.39, 0.29) is 5.56 Å². The fraction of sp³-hybridized carbons (Fsp3) is 0.0769. The molecule has 2 N–H and O–H groups in total. The molecule has 4 nitrogen and oxygen atoms in total. The largest absolute Gasteiger partial charge is 0.478 e. The Kier molecular flexibility index (Phi) is 3.79. The Morgan fingerprint density at radius 3 is 2.83 bits per heavy atom. The predicted octanol–water partition coefficient (Wildman–Crippen LogP) is 3.05. The molecule has 1 heterocycles. The third-order valence-corrected chi connectivity index (χ3v) is 2.85. The van der Waals surface area contributed by atoms with E-state index in [1.807, 2.05) is 18.2 Å². The third-order valence-electron chi connectivity index (χ3n) is 2.48. The zero-order valence-electron chi connectivity index (χ0n) is 9.43. The summed E-state index contributed by atoms with van der Waals surface area (Å²) in [6, 6.07) is 9.04. The first-order valence-corrected chi connectivity index (χ1v) is 5.71. The van der Waals surface area contributed by atoms with Gasteiger partial charge in [-0.05, 0) is 17.7 Å². The van der Waals surface area contributed by atoms with E-state index in [1.165, 1.54) is 6.20 Å². The molecule has 1 aromatic heterocycles. The topological polar surface area (TPSA) is 62.2 Å². The fourth-order valence-corrected chi connectivity index (χ4v) is 1.75. The van der Waals surface area contributed by atoms with Gasteiger partial charge in [0, 0.05) is 24.0 Å². The van der Waals surface area contributed by atoms with Crippen LogP contribution in [-0.4, -0.2) is 16.1 Å². The third kappa shape index (κ3) is 2.78. The number of rotatable bonds is 4. The molecule has 92 valence electrons. The van der Waals surface area contributed by atoms with Gasteiger partial charge in [-0.15, -0.1) is 0 Å². The van der Waals surface area contributed by atoms with Crippen LogP contribution < -0.4 is 5.32 Å². The number of halogens is 1. The van der Waals surface area contributed by atoms with E-state index in [1.54, 1.807) is 18.3 Å². The molecule has 0 aliphatic heterocycles. The first kappa shape index (κ1) is 12.4. The minimum absolute atomic E-state index is 0.143. The number of benzene rings is 1. The van der Waals surface area contributed by atoms with E-state index in [4.69, 9.17) is 16.7 Å². The van der Waals surface area contributed by atoms with Gasteiger partial charge in [-0.2, -0.15) is 0 Å². The van der Waals surface area contributed by atoms with Crippen molar-refractivity contribution in [3.05, 3.63) is 58.9 Å². The van der Waals surface area contributed by atoms with Gasteiger partial charge in [0.05, 0.1) is 5.69 Å². The highest BCUT2D eigenvalue weighted by Crippen LogP contribution is 2.18. The van der Waals surface area contributed by atoms with Crippen LogP contribution in [-0.2, 0) is 6.54 Å². The van der Waals surface area contributed by atoms with Crippen LogP contribution >= 0.6 is 11.6 Å². The van der Waals surface area contributed by atoms with Gasteiger partial charge in [-0.25, -0.2) is 4.79 Å². The number of nitrogens with one attached hydrogen (secondary N) is 1. The van der Waals surface area contributed by atoms with E-state index < -0.39 is 5.97 Å². The molecule has 0 fully saturated rings. The second-order valence-corrected chi connectivity index (χ2v) is 4.08. The number of nitrogens with zero attached hydrogens (tertiary/aromatic N) is 1. The highest BCUT2D eigenvalue weighted by Gasteiger charge is 2.09. The zero-order valence-corrected chi connectivity index (χ0v) is 10.2. The quantitative estimate of drug-likeness (QED) is 0.889. The average molecular weight is 263 g/mol. The SMILES string of the molecule is O=C(O)c1cnccc1NCc1ccccc1Cl. The number of anilines is 1. The van der Waals surface area contributed by atoms with Crippen LogP contribution in [0, 0.1) is 0 Å². The van der Waals surface area contributed by atoms with Gasteiger partial charge in [0.2, 0.25) is 0 Å².